The monoisotopic (exact) mass is 276 g/mol. The summed E-state index contributed by atoms with van der Waals surface area (Å²) in [6.07, 6.45) is -0.0564. The zero-order valence-electron chi connectivity index (χ0n) is 11.9. The van der Waals surface area contributed by atoms with E-state index in [-0.39, 0.29) is 17.5 Å². The van der Waals surface area contributed by atoms with Gasteiger partial charge < -0.3 is 5.73 Å². The number of aryl methyl sites for hydroxylation is 2. The minimum atomic E-state index is -0.532. The first-order valence-electron chi connectivity index (χ1n) is 6.09. The molecule has 0 bridgehead atoms. The van der Waals surface area contributed by atoms with Gasteiger partial charge in [-0.1, -0.05) is 0 Å². The molecule has 7 heteroatoms. The van der Waals surface area contributed by atoms with E-state index in [1.165, 1.54) is 11.6 Å². The number of aromatic nitrogens is 3. The van der Waals surface area contributed by atoms with Gasteiger partial charge in [0.1, 0.15) is 5.65 Å². The number of nitrogens with zero attached hydrogens (tertiary/aromatic N) is 3. The fourth-order valence-corrected chi connectivity index (χ4v) is 2.27. The number of rotatable bonds is 2. The second-order valence-corrected chi connectivity index (χ2v) is 4.85. The molecule has 0 spiro atoms. The number of pyridine rings is 1. The molecule has 0 aliphatic carbocycles. The van der Waals surface area contributed by atoms with E-state index in [1.807, 2.05) is 0 Å². The predicted octanol–water partition coefficient (Wildman–Crippen LogP) is -0.723. The van der Waals surface area contributed by atoms with Crippen molar-refractivity contribution in [2.24, 2.45) is 19.8 Å². The number of fused-ring (bicyclic) bond motifs is 1. The Morgan fingerprint density at radius 1 is 1.20 bits per heavy atom. The molecule has 0 saturated heterocycles. The average molecular weight is 276 g/mol. The van der Waals surface area contributed by atoms with E-state index in [4.69, 9.17) is 5.73 Å². The van der Waals surface area contributed by atoms with Gasteiger partial charge in [-0.3, -0.25) is 18.7 Å². The summed E-state index contributed by atoms with van der Waals surface area (Å²) in [6, 6.07) is 0. The zero-order chi connectivity index (χ0) is 15.2. The molecule has 2 N–H and O–H groups in total. The third-order valence-electron chi connectivity index (χ3n) is 3.56. The highest BCUT2D eigenvalue weighted by molar-refractivity contribution is 5.86. The van der Waals surface area contributed by atoms with Crippen LogP contribution >= 0.6 is 0 Å². The molecular formula is C13H16N4O3. The molecular weight excluding hydrogens is 260 g/mol. The number of amides is 1. The fraction of sp³-hybridized carbons (Fsp3) is 0.385. The van der Waals surface area contributed by atoms with Crippen molar-refractivity contribution in [3.63, 3.8) is 0 Å². The van der Waals surface area contributed by atoms with Gasteiger partial charge in [-0.25, -0.2) is 9.78 Å². The largest absolute Gasteiger partial charge is 0.369 e. The molecule has 0 atom stereocenters. The molecule has 0 saturated carbocycles. The highest BCUT2D eigenvalue weighted by Gasteiger charge is 2.18. The van der Waals surface area contributed by atoms with Crippen LogP contribution in [-0.4, -0.2) is 20.0 Å². The van der Waals surface area contributed by atoms with Crippen LogP contribution in [0.4, 0.5) is 0 Å². The van der Waals surface area contributed by atoms with E-state index in [0.29, 0.717) is 11.3 Å². The first-order chi connectivity index (χ1) is 9.25. The lowest BCUT2D eigenvalue weighted by Crippen LogP contribution is -2.38. The molecule has 0 unspecified atom stereocenters. The molecule has 0 aliphatic rings. The third kappa shape index (κ3) is 1.91. The number of hydrogen-bond donors (Lipinski definition) is 1. The number of carbonyl (C=O) groups is 1. The predicted molar refractivity (Wildman–Crippen MR) is 74.6 cm³/mol. The second-order valence-electron chi connectivity index (χ2n) is 4.85. The zero-order valence-corrected chi connectivity index (χ0v) is 11.9. The SMILES string of the molecule is Cc1nc2c(c(CC(N)=O)c1C)c(=O)n(C)c(=O)n2C. The number of primary amides is 1. The molecule has 2 rings (SSSR count). The van der Waals surface area contributed by atoms with Crippen molar-refractivity contribution in [3.05, 3.63) is 37.7 Å². The quantitative estimate of drug-likeness (QED) is 0.782. The maximum atomic E-state index is 12.3. The van der Waals surface area contributed by atoms with E-state index in [2.05, 4.69) is 4.98 Å². The molecule has 0 aromatic carbocycles. The minimum absolute atomic E-state index is 0.0564. The van der Waals surface area contributed by atoms with E-state index >= 15 is 0 Å². The molecule has 2 heterocycles. The van der Waals surface area contributed by atoms with Crippen LogP contribution in [0, 0.1) is 13.8 Å². The van der Waals surface area contributed by atoms with Crippen molar-refractivity contribution in [1.29, 1.82) is 0 Å². The first kappa shape index (κ1) is 14.0. The Morgan fingerprint density at radius 3 is 2.35 bits per heavy atom. The molecule has 106 valence electrons. The van der Waals surface area contributed by atoms with Gasteiger partial charge in [0.05, 0.1) is 11.8 Å². The van der Waals surface area contributed by atoms with E-state index in [1.54, 1.807) is 20.9 Å². The smallest absolute Gasteiger partial charge is 0.332 e. The molecule has 2 aromatic rings. The standard InChI is InChI=1S/C13H16N4O3/c1-6-7(2)15-11-10(8(6)5-9(14)18)12(19)17(4)13(20)16(11)3/h5H2,1-4H3,(H2,14,18). The van der Waals surface area contributed by atoms with Crippen LogP contribution in [0.3, 0.4) is 0 Å². The Balaban J connectivity index is 3.12. The lowest BCUT2D eigenvalue weighted by atomic mass is 10.0. The molecule has 2 aromatic heterocycles. The first-order valence-corrected chi connectivity index (χ1v) is 6.09. The number of nitrogens with two attached hydrogens (primary N) is 1. The average Bonchev–Trinajstić information content (AvgIpc) is 2.38. The van der Waals surface area contributed by atoms with Crippen molar-refractivity contribution in [3.8, 4) is 0 Å². The van der Waals surface area contributed by atoms with Gasteiger partial charge in [0.15, 0.2) is 0 Å². The molecule has 1 amide bonds. The summed E-state index contributed by atoms with van der Waals surface area (Å²) in [4.78, 5) is 39.8. The molecule has 7 nitrogen and oxygen atoms in total. The van der Waals surface area contributed by atoms with Gasteiger partial charge in [-0.05, 0) is 25.0 Å². The summed E-state index contributed by atoms with van der Waals surface area (Å²) < 4.78 is 2.30. The van der Waals surface area contributed by atoms with E-state index in [9.17, 15) is 14.4 Å². The maximum Gasteiger partial charge on any atom is 0.332 e. The van der Waals surface area contributed by atoms with Crippen molar-refractivity contribution >= 4 is 16.9 Å². The van der Waals surface area contributed by atoms with Gasteiger partial charge in [0.25, 0.3) is 5.56 Å². The number of carbonyl (C=O) groups excluding carboxylic acids is 1. The summed E-state index contributed by atoms with van der Waals surface area (Å²) in [7, 11) is 2.94. The van der Waals surface area contributed by atoms with Crippen molar-refractivity contribution < 1.29 is 4.79 Å². The normalized spacial score (nSPS) is 11.0. The summed E-state index contributed by atoms with van der Waals surface area (Å²) in [5.41, 5.74) is 6.56. The lowest BCUT2D eigenvalue weighted by molar-refractivity contribution is -0.117. The van der Waals surface area contributed by atoms with Crippen molar-refractivity contribution in [2.45, 2.75) is 20.3 Å². The summed E-state index contributed by atoms with van der Waals surface area (Å²) in [6.45, 7) is 3.55. The Labute approximate surface area is 114 Å². The van der Waals surface area contributed by atoms with Crippen molar-refractivity contribution in [2.75, 3.05) is 0 Å². The van der Waals surface area contributed by atoms with Gasteiger partial charge in [-0.2, -0.15) is 0 Å². The molecule has 0 radical (unpaired) electrons. The molecule has 20 heavy (non-hydrogen) atoms. The molecule has 0 aliphatic heterocycles. The van der Waals surface area contributed by atoms with Crippen LogP contribution in [0.5, 0.6) is 0 Å². The van der Waals surface area contributed by atoms with Crippen molar-refractivity contribution in [1.82, 2.24) is 14.1 Å². The highest BCUT2D eigenvalue weighted by Crippen LogP contribution is 2.19. The van der Waals surface area contributed by atoms with E-state index in [0.717, 1.165) is 10.1 Å². The Morgan fingerprint density at radius 2 is 1.80 bits per heavy atom. The van der Waals surface area contributed by atoms with Gasteiger partial charge >= 0.3 is 5.69 Å². The van der Waals surface area contributed by atoms with E-state index < -0.39 is 17.2 Å². The summed E-state index contributed by atoms with van der Waals surface area (Å²) >= 11 is 0. The second kappa shape index (κ2) is 4.59. The minimum Gasteiger partial charge on any atom is -0.369 e. The summed E-state index contributed by atoms with van der Waals surface area (Å²) in [5.74, 6) is -0.532. The molecule has 0 fully saturated rings. The third-order valence-corrected chi connectivity index (χ3v) is 3.56. The fourth-order valence-electron chi connectivity index (χ4n) is 2.27. The van der Waals surface area contributed by atoms with Crippen LogP contribution in [0.1, 0.15) is 16.8 Å². The van der Waals surface area contributed by atoms with Crippen LogP contribution in [0.2, 0.25) is 0 Å². The Kier molecular flexibility index (Phi) is 3.21. The topological polar surface area (TPSA) is 100.0 Å². The summed E-state index contributed by atoms with van der Waals surface area (Å²) in [5, 5.41) is 0.275. The van der Waals surface area contributed by atoms with Crippen LogP contribution in [0.15, 0.2) is 9.59 Å². The Bertz CT molecular complexity index is 846. The van der Waals surface area contributed by atoms with Crippen LogP contribution < -0.4 is 17.0 Å². The van der Waals surface area contributed by atoms with Gasteiger partial charge in [0.2, 0.25) is 5.91 Å². The lowest BCUT2D eigenvalue weighted by Gasteiger charge is -2.13. The van der Waals surface area contributed by atoms with Gasteiger partial charge in [-0.15, -0.1) is 0 Å². The van der Waals surface area contributed by atoms with Crippen LogP contribution in [-0.2, 0) is 25.3 Å². The highest BCUT2D eigenvalue weighted by atomic mass is 16.2. The van der Waals surface area contributed by atoms with Crippen LogP contribution in [0.25, 0.3) is 11.0 Å². The Hall–Kier alpha value is -2.44. The van der Waals surface area contributed by atoms with Gasteiger partial charge in [0, 0.05) is 19.8 Å². The maximum absolute atomic E-state index is 12.3. The number of hydrogen-bond acceptors (Lipinski definition) is 4.